The molecule has 0 bridgehead atoms. The molecule has 3 heteroatoms. The van der Waals surface area contributed by atoms with Gasteiger partial charge in [-0.15, -0.1) is 0 Å². The van der Waals surface area contributed by atoms with Crippen LogP contribution in [0.4, 0.5) is 11.5 Å². The number of fused-ring (bicyclic) bond motifs is 1. The van der Waals surface area contributed by atoms with E-state index in [-0.39, 0.29) is 0 Å². The Bertz CT molecular complexity index is 497. The second kappa shape index (κ2) is 2.76. The molecule has 0 radical (unpaired) electrons. The maximum absolute atomic E-state index is 6.86. The maximum atomic E-state index is 6.86. The summed E-state index contributed by atoms with van der Waals surface area (Å²) in [6, 6.07) is 9.35. The number of aromatic nitrogens is 1. The number of para-hydroxylation sites is 1. The summed E-state index contributed by atoms with van der Waals surface area (Å²) in [5.74, 6) is 0.300. The zero-order chi connectivity index (χ0) is 9.26. The molecule has 62 valence electrons. The molecule has 13 heavy (non-hydrogen) atoms. The molecule has 1 aromatic heterocycles. The smallest absolute Gasteiger partial charge is 0.228 e. The number of anilines is 1. The number of hydrogen-bond donors (Lipinski definition) is 1. The number of rotatable bonds is 0. The average molecular weight is 169 g/mol. The Kier molecular flexibility index (Phi) is 1.60. The fraction of sp³-hybridized carbons (Fsp3) is 0. The third-order valence-electron chi connectivity index (χ3n) is 1.85. The second-order valence-corrected chi connectivity index (χ2v) is 2.70. The van der Waals surface area contributed by atoms with Gasteiger partial charge in [0.15, 0.2) is 0 Å². The molecule has 0 saturated carbocycles. The zero-order valence-electron chi connectivity index (χ0n) is 6.86. The van der Waals surface area contributed by atoms with E-state index in [0.717, 1.165) is 10.9 Å². The molecule has 0 fully saturated rings. The van der Waals surface area contributed by atoms with Crippen molar-refractivity contribution in [1.29, 1.82) is 0 Å². The Morgan fingerprint density at radius 1 is 1.31 bits per heavy atom. The molecule has 2 N–H and O–H groups in total. The molecule has 0 atom stereocenters. The van der Waals surface area contributed by atoms with Crippen LogP contribution in [0.15, 0.2) is 30.3 Å². The molecule has 0 aliphatic carbocycles. The van der Waals surface area contributed by atoms with E-state index in [1.54, 1.807) is 6.07 Å². The SMILES string of the molecule is [C-]#[N+]c1cc2ccccc2nc1N. The Balaban J connectivity index is 2.83. The predicted molar refractivity (Wildman–Crippen MR) is 52.4 cm³/mol. The quantitative estimate of drug-likeness (QED) is 0.615. The van der Waals surface area contributed by atoms with Crippen LogP contribution in [0.5, 0.6) is 0 Å². The van der Waals surface area contributed by atoms with Crippen molar-refractivity contribution in [3.63, 3.8) is 0 Å². The van der Waals surface area contributed by atoms with Crippen molar-refractivity contribution in [2.24, 2.45) is 0 Å². The minimum absolute atomic E-state index is 0.300. The van der Waals surface area contributed by atoms with E-state index in [1.807, 2.05) is 24.3 Å². The number of benzene rings is 1. The van der Waals surface area contributed by atoms with E-state index < -0.39 is 0 Å². The Morgan fingerprint density at radius 3 is 2.85 bits per heavy atom. The molecular weight excluding hydrogens is 162 g/mol. The molecule has 2 aromatic rings. The van der Waals surface area contributed by atoms with Crippen LogP contribution < -0.4 is 5.73 Å². The Labute approximate surface area is 75.6 Å². The van der Waals surface area contributed by atoms with E-state index in [9.17, 15) is 0 Å². The third kappa shape index (κ3) is 1.18. The Morgan fingerprint density at radius 2 is 2.08 bits per heavy atom. The van der Waals surface area contributed by atoms with Crippen LogP contribution in [-0.2, 0) is 0 Å². The minimum atomic E-state index is 0.300. The largest absolute Gasteiger partial charge is 0.392 e. The van der Waals surface area contributed by atoms with E-state index in [2.05, 4.69) is 9.83 Å². The van der Waals surface area contributed by atoms with Gasteiger partial charge in [0, 0.05) is 0 Å². The van der Waals surface area contributed by atoms with Crippen LogP contribution in [0.2, 0.25) is 0 Å². The summed E-state index contributed by atoms with van der Waals surface area (Å²) < 4.78 is 0. The van der Waals surface area contributed by atoms with Gasteiger partial charge < -0.3 is 5.73 Å². The first kappa shape index (κ1) is 7.56. The van der Waals surface area contributed by atoms with Crippen LogP contribution in [0.1, 0.15) is 0 Å². The van der Waals surface area contributed by atoms with Crippen LogP contribution in [0.3, 0.4) is 0 Å². The average Bonchev–Trinajstić information content (AvgIpc) is 2.17. The van der Waals surface area contributed by atoms with Crippen molar-refractivity contribution in [2.45, 2.75) is 0 Å². The summed E-state index contributed by atoms with van der Waals surface area (Å²) in [5, 5.41) is 0.947. The summed E-state index contributed by atoms with van der Waals surface area (Å²) in [4.78, 5) is 7.39. The maximum Gasteiger partial charge on any atom is 0.228 e. The van der Waals surface area contributed by atoms with Crippen molar-refractivity contribution in [3.05, 3.63) is 41.7 Å². The van der Waals surface area contributed by atoms with Gasteiger partial charge in [0.1, 0.15) is 5.82 Å². The summed E-state index contributed by atoms with van der Waals surface area (Å²) >= 11 is 0. The Hall–Kier alpha value is -2.08. The van der Waals surface area contributed by atoms with E-state index in [4.69, 9.17) is 12.3 Å². The lowest BCUT2D eigenvalue weighted by molar-refractivity contribution is 1.42. The van der Waals surface area contributed by atoms with Gasteiger partial charge in [0.05, 0.1) is 12.1 Å². The summed E-state index contributed by atoms with van der Waals surface area (Å²) in [6.45, 7) is 6.86. The highest BCUT2D eigenvalue weighted by atomic mass is 14.9. The van der Waals surface area contributed by atoms with Gasteiger partial charge >= 0.3 is 0 Å². The fourth-order valence-electron chi connectivity index (χ4n) is 1.21. The molecule has 3 nitrogen and oxygen atoms in total. The van der Waals surface area contributed by atoms with Gasteiger partial charge in [-0.3, -0.25) is 0 Å². The number of nitrogens with two attached hydrogens (primary N) is 1. The minimum Gasteiger partial charge on any atom is -0.392 e. The lowest BCUT2D eigenvalue weighted by Crippen LogP contribution is -1.90. The highest BCUT2D eigenvalue weighted by Crippen LogP contribution is 2.24. The fourth-order valence-corrected chi connectivity index (χ4v) is 1.21. The summed E-state index contributed by atoms with van der Waals surface area (Å²) in [6.07, 6.45) is 0. The van der Waals surface area contributed by atoms with Crippen LogP contribution in [-0.4, -0.2) is 4.98 Å². The van der Waals surface area contributed by atoms with Crippen LogP contribution >= 0.6 is 0 Å². The van der Waals surface area contributed by atoms with Crippen molar-refractivity contribution >= 4 is 22.4 Å². The summed E-state index contributed by atoms with van der Waals surface area (Å²) in [7, 11) is 0. The number of hydrogen-bond acceptors (Lipinski definition) is 2. The molecule has 1 aromatic carbocycles. The number of nitrogens with zero attached hydrogens (tertiary/aromatic N) is 2. The number of pyridine rings is 1. The van der Waals surface area contributed by atoms with Gasteiger partial charge in [-0.05, 0) is 17.5 Å². The van der Waals surface area contributed by atoms with Gasteiger partial charge in [0.2, 0.25) is 5.69 Å². The molecule has 0 amide bonds. The molecule has 1 heterocycles. The standard InChI is InChI=1S/C10H7N3/c1-12-9-6-7-4-2-3-5-8(7)13-10(9)11/h2-6H,(H2,11,13). The normalized spacial score (nSPS) is 9.77. The number of nitrogen functional groups attached to an aromatic ring is 1. The van der Waals surface area contributed by atoms with Crippen LogP contribution in [0.25, 0.3) is 15.7 Å². The van der Waals surface area contributed by atoms with E-state index in [0.29, 0.717) is 11.5 Å². The molecular formula is C10H7N3. The predicted octanol–water partition coefficient (Wildman–Crippen LogP) is 2.37. The molecule has 2 rings (SSSR count). The molecule has 0 aliphatic heterocycles. The van der Waals surface area contributed by atoms with Crippen LogP contribution in [0, 0.1) is 6.57 Å². The highest BCUT2D eigenvalue weighted by Gasteiger charge is 2.01. The molecule has 0 unspecified atom stereocenters. The molecule has 0 spiro atoms. The monoisotopic (exact) mass is 169 g/mol. The first-order chi connectivity index (χ1) is 6.31. The second-order valence-electron chi connectivity index (χ2n) is 2.70. The van der Waals surface area contributed by atoms with Crippen molar-refractivity contribution in [1.82, 2.24) is 4.98 Å². The van der Waals surface area contributed by atoms with Gasteiger partial charge in [0.25, 0.3) is 0 Å². The van der Waals surface area contributed by atoms with Gasteiger partial charge in [-0.2, -0.15) is 0 Å². The first-order valence-corrected chi connectivity index (χ1v) is 3.84. The third-order valence-corrected chi connectivity index (χ3v) is 1.85. The zero-order valence-corrected chi connectivity index (χ0v) is 6.86. The molecule has 0 aliphatic rings. The first-order valence-electron chi connectivity index (χ1n) is 3.84. The lowest BCUT2D eigenvalue weighted by Gasteiger charge is -1.99. The topological polar surface area (TPSA) is 43.3 Å². The molecule has 0 saturated heterocycles. The van der Waals surface area contributed by atoms with Crippen molar-refractivity contribution < 1.29 is 0 Å². The summed E-state index contributed by atoms with van der Waals surface area (Å²) in [5.41, 5.74) is 6.81. The van der Waals surface area contributed by atoms with E-state index >= 15 is 0 Å². The van der Waals surface area contributed by atoms with Gasteiger partial charge in [-0.25, -0.2) is 9.83 Å². The van der Waals surface area contributed by atoms with E-state index in [1.165, 1.54) is 0 Å². The van der Waals surface area contributed by atoms with Gasteiger partial charge in [-0.1, -0.05) is 18.2 Å². The highest BCUT2D eigenvalue weighted by molar-refractivity contribution is 5.86. The lowest BCUT2D eigenvalue weighted by atomic mass is 10.2. The van der Waals surface area contributed by atoms with Crippen molar-refractivity contribution in [2.75, 3.05) is 5.73 Å². The van der Waals surface area contributed by atoms with Crippen molar-refractivity contribution in [3.8, 4) is 0 Å².